The van der Waals surface area contributed by atoms with Gasteiger partial charge >= 0.3 is 5.97 Å². The molecule has 2 aromatic carbocycles. The third-order valence-electron chi connectivity index (χ3n) is 6.32. The Bertz CT molecular complexity index is 1630. The highest BCUT2D eigenvalue weighted by Crippen LogP contribution is 2.30. The summed E-state index contributed by atoms with van der Waals surface area (Å²) in [4.78, 5) is 32.1. The lowest BCUT2D eigenvalue weighted by Crippen LogP contribution is -2.40. The number of fused-ring (bicyclic) bond motifs is 1. The van der Waals surface area contributed by atoms with Crippen LogP contribution in [0.1, 0.15) is 40.5 Å². The molecule has 1 aliphatic heterocycles. The maximum absolute atomic E-state index is 13.5. The molecule has 0 bridgehead atoms. The topological polar surface area (TPSA) is 140 Å². The van der Waals surface area contributed by atoms with Crippen LogP contribution in [0.2, 0.25) is 0 Å². The van der Waals surface area contributed by atoms with Crippen molar-refractivity contribution in [2.45, 2.75) is 30.2 Å². The molecule has 192 valence electrons. The van der Waals surface area contributed by atoms with Crippen LogP contribution in [-0.2, 0) is 21.3 Å². The number of ether oxygens (including phenoxy) is 1. The normalized spacial score (nSPS) is 16.6. The molecule has 0 radical (unpaired) electrons. The Morgan fingerprint density at radius 2 is 1.95 bits per heavy atom. The fraction of sp³-hybridized carbons (Fsp3) is 0.292. The fourth-order valence-electron chi connectivity index (χ4n) is 4.44. The fourth-order valence-corrected chi connectivity index (χ4v) is 6.14. The van der Waals surface area contributed by atoms with Crippen molar-refractivity contribution in [2.75, 3.05) is 20.2 Å². The van der Waals surface area contributed by atoms with Crippen LogP contribution < -0.4 is 5.56 Å². The zero-order valence-corrected chi connectivity index (χ0v) is 20.6. The molecule has 3 heterocycles. The van der Waals surface area contributed by atoms with Gasteiger partial charge in [-0.15, -0.1) is 5.10 Å². The summed E-state index contributed by atoms with van der Waals surface area (Å²) in [5.41, 5.74) is 0.519. The first-order valence-electron chi connectivity index (χ1n) is 11.5. The van der Waals surface area contributed by atoms with Gasteiger partial charge in [-0.05, 0) is 42.7 Å². The van der Waals surface area contributed by atoms with Gasteiger partial charge in [-0.25, -0.2) is 27.3 Å². The van der Waals surface area contributed by atoms with E-state index in [0.29, 0.717) is 18.7 Å². The van der Waals surface area contributed by atoms with E-state index >= 15 is 0 Å². The summed E-state index contributed by atoms with van der Waals surface area (Å²) in [5, 5.41) is 7.96. The van der Waals surface area contributed by atoms with E-state index in [9.17, 15) is 22.4 Å². The number of halogens is 1. The lowest BCUT2D eigenvalue weighted by atomic mass is 9.99. The number of H-pyrrole nitrogens is 1. The average molecular weight is 527 g/mol. The lowest BCUT2D eigenvalue weighted by Gasteiger charge is -2.31. The van der Waals surface area contributed by atoms with E-state index in [4.69, 9.17) is 4.74 Å². The number of benzene rings is 2. The van der Waals surface area contributed by atoms with E-state index < -0.39 is 27.5 Å². The van der Waals surface area contributed by atoms with Crippen LogP contribution in [0.4, 0.5) is 4.39 Å². The number of esters is 1. The minimum atomic E-state index is -4.03. The zero-order chi connectivity index (χ0) is 26.2. The molecule has 2 aromatic heterocycles. The van der Waals surface area contributed by atoms with E-state index in [1.165, 1.54) is 40.4 Å². The summed E-state index contributed by atoms with van der Waals surface area (Å²) in [5.74, 6) is -1.19. The molecule has 0 aliphatic carbocycles. The largest absolute Gasteiger partial charge is 0.465 e. The number of hydrogen-bond donors (Lipinski definition) is 1. The molecule has 37 heavy (non-hydrogen) atoms. The first-order chi connectivity index (χ1) is 17.8. The van der Waals surface area contributed by atoms with Crippen LogP contribution in [0.3, 0.4) is 0 Å². The first kappa shape index (κ1) is 24.7. The molecule has 4 aromatic rings. The van der Waals surface area contributed by atoms with E-state index in [1.807, 2.05) is 0 Å². The molecule has 5 rings (SSSR count). The summed E-state index contributed by atoms with van der Waals surface area (Å²) in [6, 6.07) is 11.8. The number of carbonyl (C=O) groups is 1. The minimum absolute atomic E-state index is 0.0455. The molecule has 13 heteroatoms. The van der Waals surface area contributed by atoms with Gasteiger partial charge in [0.05, 0.1) is 24.1 Å². The molecular formula is C24H23FN6O5S. The number of sulfonamides is 1. The monoisotopic (exact) mass is 526 g/mol. The van der Waals surface area contributed by atoms with Crippen LogP contribution in [-0.4, -0.2) is 63.9 Å². The van der Waals surface area contributed by atoms with Crippen LogP contribution in [0.15, 0.2) is 58.2 Å². The number of rotatable bonds is 6. The third-order valence-corrected chi connectivity index (χ3v) is 8.24. The molecule has 0 amide bonds. The summed E-state index contributed by atoms with van der Waals surface area (Å²) in [6.07, 6.45) is 1.12. The molecule has 0 spiro atoms. The maximum atomic E-state index is 13.5. The van der Waals surface area contributed by atoms with Gasteiger partial charge < -0.3 is 9.72 Å². The van der Waals surface area contributed by atoms with Crippen molar-refractivity contribution in [3.05, 3.63) is 81.7 Å². The van der Waals surface area contributed by atoms with Gasteiger partial charge in [0.2, 0.25) is 10.0 Å². The zero-order valence-electron chi connectivity index (χ0n) is 19.8. The van der Waals surface area contributed by atoms with Crippen molar-refractivity contribution < 1.29 is 22.3 Å². The molecule has 1 fully saturated rings. The summed E-state index contributed by atoms with van der Waals surface area (Å²) in [7, 11) is -2.84. The highest BCUT2D eigenvalue weighted by atomic mass is 32.2. The Kier molecular flexibility index (Phi) is 6.56. The standard InChI is InChI=1S/C24H23FN6O5S/c1-36-24(33)18-6-2-3-7-19(18)37(34,35)30-12-4-5-16(14-30)21-26-22-20(23(32)27-21)28-29-31(22)13-15-8-10-17(25)11-9-15/h2-3,6-11,16H,4-5,12-14H2,1H3,(H,26,27,32). The summed E-state index contributed by atoms with van der Waals surface area (Å²) < 4.78 is 47.8. The predicted molar refractivity (Wildman–Crippen MR) is 130 cm³/mol. The Balaban J connectivity index is 1.46. The van der Waals surface area contributed by atoms with Crippen molar-refractivity contribution >= 4 is 27.2 Å². The molecule has 1 unspecified atom stereocenters. The molecule has 11 nitrogen and oxygen atoms in total. The first-order valence-corrected chi connectivity index (χ1v) is 13.0. The number of hydrogen-bond acceptors (Lipinski definition) is 8. The molecule has 1 N–H and O–H groups in total. The number of carbonyl (C=O) groups excluding carboxylic acids is 1. The molecular weight excluding hydrogens is 503 g/mol. The molecule has 1 aliphatic rings. The third kappa shape index (κ3) is 4.74. The highest BCUT2D eigenvalue weighted by molar-refractivity contribution is 7.89. The van der Waals surface area contributed by atoms with E-state index in [1.54, 1.807) is 24.3 Å². The van der Waals surface area contributed by atoms with Crippen LogP contribution in [0.25, 0.3) is 11.2 Å². The van der Waals surface area contributed by atoms with Crippen LogP contribution in [0.5, 0.6) is 0 Å². The van der Waals surface area contributed by atoms with E-state index in [2.05, 4.69) is 20.3 Å². The van der Waals surface area contributed by atoms with Crippen LogP contribution >= 0.6 is 0 Å². The maximum Gasteiger partial charge on any atom is 0.339 e. The second kappa shape index (κ2) is 9.82. The SMILES string of the molecule is COC(=O)c1ccccc1S(=O)(=O)N1CCCC(c2nc3c(nnn3Cc3ccc(F)cc3)c(=O)[nH]2)C1. The van der Waals surface area contributed by atoms with E-state index in [-0.39, 0.29) is 47.1 Å². The van der Waals surface area contributed by atoms with Gasteiger partial charge in [0.1, 0.15) is 11.6 Å². The highest BCUT2D eigenvalue weighted by Gasteiger charge is 2.34. The number of nitrogens with zero attached hydrogens (tertiary/aromatic N) is 5. The second-order valence-electron chi connectivity index (χ2n) is 8.69. The van der Waals surface area contributed by atoms with Gasteiger partial charge in [-0.2, -0.15) is 4.31 Å². The number of aromatic amines is 1. The minimum Gasteiger partial charge on any atom is -0.465 e. The van der Waals surface area contributed by atoms with Crippen molar-refractivity contribution in [3.8, 4) is 0 Å². The quantitative estimate of drug-likeness (QED) is 0.377. The Morgan fingerprint density at radius 1 is 1.19 bits per heavy atom. The van der Waals surface area contributed by atoms with Gasteiger partial charge in [-0.1, -0.05) is 29.5 Å². The van der Waals surface area contributed by atoms with Gasteiger partial charge in [0, 0.05) is 19.0 Å². The second-order valence-corrected chi connectivity index (χ2v) is 10.6. The Hall–Kier alpha value is -3.97. The van der Waals surface area contributed by atoms with Crippen molar-refractivity contribution in [1.29, 1.82) is 0 Å². The number of piperidine rings is 1. The lowest BCUT2D eigenvalue weighted by molar-refractivity contribution is 0.0596. The van der Waals surface area contributed by atoms with Gasteiger partial charge in [0.15, 0.2) is 11.2 Å². The predicted octanol–water partition coefficient (Wildman–Crippen LogP) is 2.06. The van der Waals surface area contributed by atoms with Crippen LogP contribution in [0, 0.1) is 5.82 Å². The van der Waals surface area contributed by atoms with Crippen molar-refractivity contribution in [2.24, 2.45) is 0 Å². The molecule has 1 saturated heterocycles. The summed E-state index contributed by atoms with van der Waals surface area (Å²) in [6.45, 7) is 0.541. The Labute approximate surface area is 210 Å². The Morgan fingerprint density at radius 3 is 2.70 bits per heavy atom. The molecule has 0 saturated carbocycles. The number of methoxy groups -OCH3 is 1. The molecule has 1 atom stereocenters. The number of aromatic nitrogens is 5. The van der Waals surface area contributed by atoms with Crippen molar-refractivity contribution in [3.63, 3.8) is 0 Å². The smallest absolute Gasteiger partial charge is 0.339 e. The van der Waals surface area contributed by atoms with Gasteiger partial charge in [-0.3, -0.25) is 4.79 Å². The van der Waals surface area contributed by atoms with Crippen molar-refractivity contribution in [1.82, 2.24) is 29.3 Å². The summed E-state index contributed by atoms with van der Waals surface area (Å²) >= 11 is 0. The van der Waals surface area contributed by atoms with Gasteiger partial charge in [0.25, 0.3) is 5.56 Å². The average Bonchev–Trinajstić information content (AvgIpc) is 3.32. The van der Waals surface area contributed by atoms with E-state index in [0.717, 1.165) is 5.56 Å². The number of nitrogens with one attached hydrogen (secondary N) is 1.